The maximum Gasteiger partial charge on any atom is 0.255 e. The molecule has 2 aromatic rings. The molecule has 0 aliphatic carbocycles. The quantitative estimate of drug-likeness (QED) is 0.867. The first-order valence-electron chi connectivity index (χ1n) is 5.80. The summed E-state index contributed by atoms with van der Waals surface area (Å²) in [6.07, 6.45) is 4.06. The molecule has 0 aliphatic rings. The first kappa shape index (κ1) is 12.1. The van der Waals surface area contributed by atoms with Gasteiger partial charge in [-0.15, -0.1) is 0 Å². The summed E-state index contributed by atoms with van der Waals surface area (Å²) in [6.45, 7) is 2.08. The lowest BCUT2D eigenvalue weighted by molar-refractivity contribution is 0.102. The number of anilines is 2. The van der Waals surface area contributed by atoms with E-state index in [0.29, 0.717) is 16.9 Å². The van der Waals surface area contributed by atoms with Crippen molar-refractivity contribution in [2.75, 3.05) is 11.1 Å². The minimum atomic E-state index is -0.171. The summed E-state index contributed by atoms with van der Waals surface area (Å²) in [6, 6.07) is 9.19. The number of carbonyl (C=O) groups excluding carboxylic acids is 1. The fourth-order valence-electron chi connectivity index (χ4n) is 1.61. The lowest BCUT2D eigenvalue weighted by Gasteiger charge is -2.07. The van der Waals surface area contributed by atoms with Gasteiger partial charge in [0, 0.05) is 11.8 Å². The van der Waals surface area contributed by atoms with Gasteiger partial charge in [-0.2, -0.15) is 0 Å². The predicted molar refractivity (Wildman–Crippen MR) is 72.4 cm³/mol. The number of rotatable bonds is 3. The van der Waals surface area contributed by atoms with Crippen LogP contribution in [0.1, 0.15) is 22.8 Å². The van der Waals surface area contributed by atoms with Gasteiger partial charge in [0.25, 0.3) is 5.91 Å². The Morgan fingerprint density at radius 3 is 2.61 bits per heavy atom. The fraction of sp³-hybridized carbons (Fsp3) is 0.143. The number of nitrogens with one attached hydrogen (secondary N) is 1. The van der Waals surface area contributed by atoms with E-state index in [0.717, 1.165) is 6.42 Å². The maximum atomic E-state index is 12.0. The van der Waals surface area contributed by atoms with Crippen molar-refractivity contribution in [3.63, 3.8) is 0 Å². The Morgan fingerprint density at radius 2 is 2.00 bits per heavy atom. The van der Waals surface area contributed by atoms with Gasteiger partial charge in [0.15, 0.2) is 0 Å². The molecule has 2 rings (SSSR count). The second-order valence-electron chi connectivity index (χ2n) is 3.97. The average molecular weight is 241 g/mol. The Hall–Kier alpha value is -2.36. The molecule has 0 saturated carbocycles. The highest BCUT2D eigenvalue weighted by Gasteiger charge is 2.07. The van der Waals surface area contributed by atoms with E-state index in [1.807, 2.05) is 24.3 Å². The molecule has 4 heteroatoms. The smallest absolute Gasteiger partial charge is 0.255 e. The van der Waals surface area contributed by atoms with E-state index in [4.69, 9.17) is 5.73 Å². The summed E-state index contributed by atoms with van der Waals surface area (Å²) in [5.74, 6) is -0.171. The second kappa shape index (κ2) is 5.31. The topological polar surface area (TPSA) is 68.0 Å². The summed E-state index contributed by atoms with van der Waals surface area (Å²) < 4.78 is 0. The average Bonchev–Trinajstić information content (AvgIpc) is 2.41. The Bertz CT molecular complexity index is 549. The maximum absolute atomic E-state index is 12.0. The molecular weight excluding hydrogens is 226 g/mol. The number of aromatic nitrogens is 1. The Morgan fingerprint density at radius 1 is 1.28 bits per heavy atom. The van der Waals surface area contributed by atoms with E-state index in [1.165, 1.54) is 11.8 Å². The van der Waals surface area contributed by atoms with Crippen LogP contribution in [0.15, 0.2) is 42.7 Å². The fourth-order valence-corrected chi connectivity index (χ4v) is 1.61. The molecule has 1 heterocycles. The zero-order chi connectivity index (χ0) is 13.0. The number of amides is 1. The largest absolute Gasteiger partial charge is 0.396 e. The third-order valence-corrected chi connectivity index (χ3v) is 2.72. The van der Waals surface area contributed by atoms with Crippen molar-refractivity contribution in [1.82, 2.24) is 4.98 Å². The molecule has 92 valence electrons. The first-order valence-corrected chi connectivity index (χ1v) is 5.80. The van der Waals surface area contributed by atoms with Crippen LogP contribution in [-0.2, 0) is 6.42 Å². The number of benzene rings is 1. The first-order chi connectivity index (χ1) is 8.70. The van der Waals surface area contributed by atoms with Crippen LogP contribution in [0.4, 0.5) is 11.4 Å². The number of hydrogen-bond acceptors (Lipinski definition) is 3. The monoisotopic (exact) mass is 241 g/mol. The highest BCUT2D eigenvalue weighted by atomic mass is 16.1. The summed E-state index contributed by atoms with van der Waals surface area (Å²) in [4.78, 5) is 15.9. The van der Waals surface area contributed by atoms with Gasteiger partial charge in [-0.3, -0.25) is 9.78 Å². The molecule has 0 saturated heterocycles. The molecule has 1 amide bonds. The number of nitrogens with two attached hydrogens (primary N) is 1. The van der Waals surface area contributed by atoms with Gasteiger partial charge in [0.05, 0.1) is 17.6 Å². The standard InChI is InChI=1S/C14H15N3O/c1-2-10-3-5-11(6-4-10)14(18)17-13-7-8-16-9-12(13)15/h3-9H,2,15H2,1H3,(H,16,17,18). The Labute approximate surface area is 106 Å². The van der Waals surface area contributed by atoms with Crippen molar-refractivity contribution in [2.24, 2.45) is 0 Å². The minimum Gasteiger partial charge on any atom is -0.396 e. The molecule has 0 radical (unpaired) electrons. The van der Waals surface area contributed by atoms with Gasteiger partial charge < -0.3 is 11.1 Å². The van der Waals surface area contributed by atoms with Crippen molar-refractivity contribution in [3.8, 4) is 0 Å². The van der Waals surface area contributed by atoms with Gasteiger partial charge in [0.1, 0.15) is 0 Å². The minimum absolute atomic E-state index is 0.171. The second-order valence-corrected chi connectivity index (χ2v) is 3.97. The van der Waals surface area contributed by atoms with Crippen LogP contribution in [0.5, 0.6) is 0 Å². The highest BCUT2D eigenvalue weighted by molar-refractivity contribution is 6.05. The van der Waals surface area contributed by atoms with Crippen molar-refractivity contribution in [1.29, 1.82) is 0 Å². The van der Waals surface area contributed by atoms with E-state index in [1.54, 1.807) is 12.3 Å². The molecule has 0 spiro atoms. The summed E-state index contributed by atoms with van der Waals surface area (Å²) in [7, 11) is 0. The molecule has 1 aromatic carbocycles. The Balaban J connectivity index is 2.14. The lowest BCUT2D eigenvalue weighted by Crippen LogP contribution is -2.13. The molecule has 0 bridgehead atoms. The number of pyridine rings is 1. The number of nitrogens with zero attached hydrogens (tertiary/aromatic N) is 1. The third kappa shape index (κ3) is 2.66. The molecule has 0 atom stereocenters. The number of nitrogen functional groups attached to an aromatic ring is 1. The van der Waals surface area contributed by atoms with Crippen LogP contribution in [0.3, 0.4) is 0 Å². The van der Waals surface area contributed by atoms with E-state index < -0.39 is 0 Å². The van der Waals surface area contributed by atoms with Gasteiger partial charge >= 0.3 is 0 Å². The number of carbonyl (C=O) groups is 1. The van der Waals surface area contributed by atoms with E-state index in [2.05, 4.69) is 17.2 Å². The van der Waals surface area contributed by atoms with Crippen LogP contribution in [0, 0.1) is 0 Å². The van der Waals surface area contributed by atoms with E-state index in [-0.39, 0.29) is 5.91 Å². The molecule has 3 N–H and O–H groups in total. The van der Waals surface area contributed by atoms with E-state index >= 15 is 0 Å². The normalized spacial score (nSPS) is 10.1. The molecular formula is C14H15N3O. The van der Waals surface area contributed by atoms with Crippen LogP contribution in [-0.4, -0.2) is 10.9 Å². The van der Waals surface area contributed by atoms with Gasteiger partial charge in [-0.25, -0.2) is 0 Å². The zero-order valence-electron chi connectivity index (χ0n) is 10.2. The van der Waals surface area contributed by atoms with Gasteiger partial charge in [0.2, 0.25) is 0 Å². The molecule has 1 aromatic heterocycles. The molecule has 0 aliphatic heterocycles. The van der Waals surface area contributed by atoms with Crippen LogP contribution >= 0.6 is 0 Å². The molecule has 4 nitrogen and oxygen atoms in total. The summed E-state index contributed by atoms with van der Waals surface area (Å²) >= 11 is 0. The number of hydrogen-bond donors (Lipinski definition) is 2. The van der Waals surface area contributed by atoms with Crippen molar-refractivity contribution < 1.29 is 4.79 Å². The van der Waals surface area contributed by atoms with Crippen molar-refractivity contribution >= 4 is 17.3 Å². The van der Waals surface area contributed by atoms with Crippen LogP contribution in [0.25, 0.3) is 0 Å². The van der Waals surface area contributed by atoms with Crippen molar-refractivity contribution in [3.05, 3.63) is 53.9 Å². The SMILES string of the molecule is CCc1ccc(C(=O)Nc2ccncc2N)cc1. The summed E-state index contributed by atoms with van der Waals surface area (Å²) in [5.41, 5.74) is 8.57. The lowest BCUT2D eigenvalue weighted by atomic mass is 10.1. The summed E-state index contributed by atoms with van der Waals surface area (Å²) in [5, 5.41) is 2.76. The predicted octanol–water partition coefficient (Wildman–Crippen LogP) is 2.48. The Kier molecular flexibility index (Phi) is 3.57. The molecule has 0 fully saturated rings. The molecule has 0 unspecified atom stereocenters. The van der Waals surface area contributed by atoms with E-state index in [9.17, 15) is 4.79 Å². The van der Waals surface area contributed by atoms with Gasteiger partial charge in [-0.1, -0.05) is 19.1 Å². The van der Waals surface area contributed by atoms with Crippen LogP contribution < -0.4 is 11.1 Å². The molecule has 18 heavy (non-hydrogen) atoms. The van der Waals surface area contributed by atoms with Crippen LogP contribution in [0.2, 0.25) is 0 Å². The zero-order valence-corrected chi connectivity index (χ0v) is 10.2. The van der Waals surface area contributed by atoms with Crippen molar-refractivity contribution in [2.45, 2.75) is 13.3 Å². The highest BCUT2D eigenvalue weighted by Crippen LogP contribution is 2.16. The third-order valence-electron chi connectivity index (χ3n) is 2.72. The van der Waals surface area contributed by atoms with Gasteiger partial charge in [-0.05, 0) is 30.2 Å². The number of aryl methyl sites for hydroxylation is 1.